The van der Waals surface area contributed by atoms with E-state index in [2.05, 4.69) is 5.32 Å². The molecule has 0 unspecified atom stereocenters. The highest BCUT2D eigenvalue weighted by Crippen LogP contribution is 2.20. The van der Waals surface area contributed by atoms with E-state index in [1.54, 1.807) is 36.3 Å². The normalized spacial score (nSPS) is 12.3. The summed E-state index contributed by atoms with van der Waals surface area (Å²) in [6.07, 6.45) is 1.98. The Labute approximate surface area is 230 Å². The molecule has 3 aromatic carbocycles. The van der Waals surface area contributed by atoms with Crippen molar-refractivity contribution in [2.75, 3.05) is 13.7 Å². The Kier molecular flexibility index (Phi) is 11.5. The highest BCUT2D eigenvalue weighted by Gasteiger charge is 2.30. The van der Waals surface area contributed by atoms with E-state index in [1.807, 2.05) is 68.4 Å². The molecule has 0 aliphatic carbocycles. The molecule has 0 aliphatic heterocycles. The molecular weight excluding hydrogens is 500 g/mol. The van der Waals surface area contributed by atoms with Crippen molar-refractivity contribution in [3.05, 3.63) is 95.0 Å². The zero-order valence-corrected chi connectivity index (χ0v) is 23.1. The maximum Gasteiger partial charge on any atom is 0.243 e. The van der Waals surface area contributed by atoms with Gasteiger partial charge in [0.05, 0.1) is 13.7 Å². The van der Waals surface area contributed by atoms with Gasteiger partial charge in [-0.3, -0.25) is 9.59 Å². The van der Waals surface area contributed by atoms with Crippen molar-refractivity contribution in [3.63, 3.8) is 0 Å². The predicted molar refractivity (Wildman–Crippen MR) is 152 cm³/mol. The predicted octanol–water partition coefficient (Wildman–Crippen LogP) is 6.06. The Hall–Kier alpha value is -3.51. The largest absolute Gasteiger partial charge is 0.497 e. The van der Waals surface area contributed by atoms with E-state index in [1.165, 1.54) is 0 Å². The van der Waals surface area contributed by atoms with Crippen LogP contribution >= 0.6 is 11.6 Å². The summed E-state index contributed by atoms with van der Waals surface area (Å²) in [6, 6.07) is 23.9. The van der Waals surface area contributed by atoms with Crippen LogP contribution in [-0.2, 0) is 22.6 Å². The Morgan fingerprint density at radius 1 is 0.947 bits per heavy atom. The van der Waals surface area contributed by atoms with Crippen LogP contribution in [0.5, 0.6) is 11.5 Å². The minimum absolute atomic E-state index is 0.00215. The second kappa shape index (κ2) is 15.0. The molecular formula is C31H37ClN2O4. The first-order valence-corrected chi connectivity index (χ1v) is 13.4. The number of rotatable bonds is 14. The van der Waals surface area contributed by atoms with E-state index in [4.69, 9.17) is 21.1 Å². The highest BCUT2D eigenvalue weighted by molar-refractivity contribution is 6.30. The van der Waals surface area contributed by atoms with Crippen LogP contribution in [0.1, 0.15) is 44.2 Å². The van der Waals surface area contributed by atoms with Crippen LogP contribution in [0.2, 0.25) is 5.02 Å². The fourth-order valence-corrected chi connectivity index (χ4v) is 4.18. The molecule has 0 aliphatic rings. The molecule has 7 heteroatoms. The number of carbonyl (C=O) groups is 2. The van der Waals surface area contributed by atoms with Gasteiger partial charge in [-0.25, -0.2) is 0 Å². The van der Waals surface area contributed by atoms with Crippen LogP contribution in [0.3, 0.4) is 0 Å². The lowest BCUT2D eigenvalue weighted by Gasteiger charge is -2.32. The molecule has 2 atom stereocenters. The van der Waals surface area contributed by atoms with Crippen molar-refractivity contribution >= 4 is 23.4 Å². The lowest BCUT2D eigenvalue weighted by Crippen LogP contribution is -2.52. The molecule has 38 heavy (non-hydrogen) atoms. The van der Waals surface area contributed by atoms with Crippen LogP contribution in [0.15, 0.2) is 78.9 Å². The van der Waals surface area contributed by atoms with Crippen LogP contribution in [0.25, 0.3) is 0 Å². The molecule has 0 bridgehead atoms. The summed E-state index contributed by atoms with van der Waals surface area (Å²) in [5.74, 6) is 1.14. The summed E-state index contributed by atoms with van der Waals surface area (Å²) >= 11 is 5.94. The minimum atomic E-state index is -0.665. The lowest BCUT2D eigenvalue weighted by molar-refractivity contribution is -0.141. The fourth-order valence-electron chi connectivity index (χ4n) is 4.05. The number of amides is 2. The molecule has 0 fully saturated rings. The van der Waals surface area contributed by atoms with Crippen molar-refractivity contribution in [1.29, 1.82) is 0 Å². The van der Waals surface area contributed by atoms with E-state index in [0.717, 1.165) is 17.5 Å². The van der Waals surface area contributed by atoms with Gasteiger partial charge in [-0.15, -0.1) is 0 Å². The molecule has 0 radical (unpaired) electrons. The molecule has 1 N–H and O–H groups in total. The third kappa shape index (κ3) is 9.10. The van der Waals surface area contributed by atoms with Gasteiger partial charge < -0.3 is 19.7 Å². The molecule has 3 aromatic rings. The molecule has 6 nitrogen and oxygen atoms in total. The smallest absolute Gasteiger partial charge is 0.243 e. The maximum absolute atomic E-state index is 13.7. The number of methoxy groups -OCH3 is 1. The number of ether oxygens (including phenoxy) is 2. The number of nitrogens with one attached hydrogen (secondary N) is 1. The van der Waals surface area contributed by atoms with Gasteiger partial charge in [0.2, 0.25) is 11.8 Å². The minimum Gasteiger partial charge on any atom is -0.497 e. The summed E-state index contributed by atoms with van der Waals surface area (Å²) < 4.78 is 11.2. The summed E-state index contributed by atoms with van der Waals surface area (Å²) in [5.41, 5.74) is 1.89. The van der Waals surface area contributed by atoms with Gasteiger partial charge in [0.1, 0.15) is 17.5 Å². The van der Waals surface area contributed by atoms with Crippen molar-refractivity contribution < 1.29 is 19.1 Å². The quantitative estimate of drug-likeness (QED) is 0.254. The monoisotopic (exact) mass is 536 g/mol. The topological polar surface area (TPSA) is 67.9 Å². The zero-order chi connectivity index (χ0) is 27.3. The van der Waals surface area contributed by atoms with Gasteiger partial charge >= 0.3 is 0 Å². The average molecular weight is 537 g/mol. The van der Waals surface area contributed by atoms with Crippen LogP contribution in [0, 0.1) is 0 Å². The Morgan fingerprint density at radius 2 is 1.66 bits per heavy atom. The van der Waals surface area contributed by atoms with E-state index in [0.29, 0.717) is 42.5 Å². The van der Waals surface area contributed by atoms with Gasteiger partial charge in [0.15, 0.2) is 0 Å². The van der Waals surface area contributed by atoms with E-state index in [-0.39, 0.29) is 24.3 Å². The van der Waals surface area contributed by atoms with Crippen molar-refractivity contribution in [3.8, 4) is 11.5 Å². The lowest BCUT2D eigenvalue weighted by atomic mass is 10.0. The molecule has 0 saturated heterocycles. The number of nitrogens with zero attached hydrogens (tertiary/aromatic N) is 1. The summed E-state index contributed by atoms with van der Waals surface area (Å²) in [5, 5.41) is 3.73. The van der Waals surface area contributed by atoms with Crippen LogP contribution < -0.4 is 14.8 Å². The van der Waals surface area contributed by atoms with Gasteiger partial charge in [0.25, 0.3) is 0 Å². The zero-order valence-electron chi connectivity index (χ0n) is 22.4. The van der Waals surface area contributed by atoms with Crippen molar-refractivity contribution in [2.45, 2.75) is 58.2 Å². The van der Waals surface area contributed by atoms with Gasteiger partial charge in [-0.1, -0.05) is 61.0 Å². The van der Waals surface area contributed by atoms with Gasteiger partial charge in [-0.2, -0.15) is 0 Å². The molecule has 0 spiro atoms. The van der Waals surface area contributed by atoms with E-state index < -0.39 is 6.04 Å². The van der Waals surface area contributed by atoms with Crippen molar-refractivity contribution in [1.82, 2.24) is 10.2 Å². The third-order valence-electron chi connectivity index (χ3n) is 6.38. The molecule has 3 rings (SSSR count). The molecule has 0 heterocycles. The van der Waals surface area contributed by atoms with Crippen molar-refractivity contribution in [2.24, 2.45) is 0 Å². The number of benzene rings is 3. The Bertz CT molecular complexity index is 1150. The summed E-state index contributed by atoms with van der Waals surface area (Å²) in [7, 11) is 1.61. The second-order valence-corrected chi connectivity index (χ2v) is 9.74. The first-order chi connectivity index (χ1) is 18.4. The standard InChI is InChI=1S/C31H37ClN2O4/c1-4-23(2)33-31(36)29(21-24-10-6-5-7-11-24)34(22-25-12-8-13-28(20-25)37-3)30(35)14-9-19-38-27-17-15-26(32)16-18-27/h5-8,10-13,15-18,20,23,29H,4,9,14,19,21-22H2,1-3H3,(H,33,36)/t23-,29-/m0/s1. The Morgan fingerprint density at radius 3 is 2.34 bits per heavy atom. The van der Waals surface area contributed by atoms with Gasteiger partial charge in [-0.05, 0) is 67.3 Å². The second-order valence-electron chi connectivity index (χ2n) is 9.30. The number of carbonyl (C=O) groups excluding carboxylic acids is 2. The first-order valence-electron chi connectivity index (χ1n) is 13.0. The molecule has 202 valence electrons. The van der Waals surface area contributed by atoms with E-state index in [9.17, 15) is 9.59 Å². The molecule has 0 aromatic heterocycles. The number of halogens is 1. The highest BCUT2D eigenvalue weighted by atomic mass is 35.5. The number of hydrogen-bond donors (Lipinski definition) is 1. The molecule has 0 saturated carbocycles. The first kappa shape index (κ1) is 29.1. The maximum atomic E-state index is 13.7. The van der Waals surface area contributed by atoms with Crippen LogP contribution in [-0.4, -0.2) is 42.5 Å². The summed E-state index contributed by atoms with van der Waals surface area (Å²) in [4.78, 5) is 28.9. The molecule has 2 amide bonds. The summed E-state index contributed by atoms with van der Waals surface area (Å²) in [6.45, 7) is 4.67. The fraction of sp³-hybridized carbons (Fsp3) is 0.355. The number of hydrogen-bond acceptors (Lipinski definition) is 4. The van der Waals surface area contributed by atoms with Gasteiger partial charge in [0, 0.05) is 30.5 Å². The van der Waals surface area contributed by atoms with E-state index >= 15 is 0 Å². The average Bonchev–Trinajstić information content (AvgIpc) is 2.94. The SMILES string of the molecule is CC[C@H](C)NC(=O)[C@H](Cc1ccccc1)N(Cc1cccc(OC)c1)C(=O)CCCOc1ccc(Cl)cc1. The Balaban J connectivity index is 1.81. The third-order valence-corrected chi connectivity index (χ3v) is 6.63. The van der Waals surface area contributed by atoms with Crippen LogP contribution in [0.4, 0.5) is 0 Å².